The molecule has 0 radical (unpaired) electrons. The maximum absolute atomic E-state index is 12.3. The number of anilines is 1. The van der Waals surface area contributed by atoms with Gasteiger partial charge >= 0.3 is 0 Å². The lowest BCUT2D eigenvalue weighted by molar-refractivity contribution is 0.0641. The Bertz CT molecular complexity index is 690. The summed E-state index contributed by atoms with van der Waals surface area (Å²) in [5.41, 5.74) is 8.26. The minimum absolute atomic E-state index is 0.154. The molecule has 0 atom stereocenters. The summed E-state index contributed by atoms with van der Waals surface area (Å²) in [5, 5.41) is 0. The number of hydrogen-bond acceptors (Lipinski definition) is 4. The van der Waals surface area contributed by atoms with E-state index >= 15 is 0 Å². The van der Waals surface area contributed by atoms with Crippen molar-refractivity contribution in [3.05, 3.63) is 47.0 Å². The number of hydrogen-bond donors (Lipinski definition) is 2. The number of imidazole rings is 1. The van der Waals surface area contributed by atoms with Crippen molar-refractivity contribution >= 4 is 17.5 Å². The average Bonchev–Trinajstić information content (AvgIpc) is 2.88. The first-order chi connectivity index (χ1) is 9.09. The summed E-state index contributed by atoms with van der Waals surface area (Å²) in [6, 6.07) is 4.90. The second-order valence-electron chi connectivity index (χ2n) is 4.44. The third-order valence-electron chi connectivity index (χ3n) is 3.27. The van der Waals surface area contributed by atoms with Crippen LogP contribution in [0.3, 0.4) is 0 Å². The molecule has 0 saturated heterocycles. The van der Waals surface area contributed by atoms with Gasteiger partial charge in [-0.2, -0.15) is 0 Å². The summed E-state index contributed by atoms with van der Waals surface area (Å²) < 4.78 is 0. The van der Waals surface area contributed by atoms with Crippen LogP contribution >= 0.6 is 0 Å². The second kappa shape index (κ2) is 3.94. The van der Waals surface area contributed by atoms with Gasteiger partial charge < -0.3 is 10.7 Å². The van der Waals surface area contributed by atoms with Crippen LogP contribution < -0.4 is 5.73 Å². The first-order valence-corrected chi connectivity index (χ1v) is 5.83. The molecule has 2 amide bonds. The molecule has 6 nitrogen and oxygen atoms in total. The number of carbonyl (C=O) groups is 2. The van der Waals surface area contributed by atoms with Crippen LogP contribution in [0.1, 0.15) is 32.1 Å². The van der Waals surface area contributed by atoms with E-state index < -0.39 is 0 Å². The van der Waals surface area contributed by atoms with Crippen molar-refractivity contribution in [2.75, 3.05) is 5.73 Å². The van der Waals surface area contributed by atoms with Crippen molar-refractivity contribution < 1.29 is 9.59 Å². The normalized spacial score (nSPS) is 14.1. The first kappa shape index (κ1) is 11.5. The Kier molecular flexibility index (Phi) is 2.38. The molecule has 0 bridgehead atoms. The van der Waals surface area contributed by atoms with E-state index in [4.69, 9.17) is 5.73 Å². The van der Waals surface area contributed by atoms with Crippen LogP contribution in [0.5, 0.6) is 0 Å². The number of aromatic nitrogens is 2. The average molecular weight is 256 g/mol. The number of nitrogen functional groups attached to an aromatic ring is 1. The van der Waals surface area contributed by atoms with Gasteiger partial charge in [0.25, 0.3) is 11.8 Å². The Morgan fingerprint density at radius 2 is 2.11 bits per heavy atom. The lowest BCUT2D eigenvalue weighted by atomic mass is 10.1. The summed E-state index contributed by atoms with van der Waals surface area (Å²) in [7, 11) is 0. The highest BCUT2D eigenvalue weighted by molar-refractivity contribution is 6.23. The van der Waals surface area contributed by atoms with Gasteiger partial charge in [-0.05, 0) is 19.1 Å². The number of aromatic amines is 1. The number of benzene rings is 1. The number of H-pyrrole nitrogens is 1. The van der Waals surface area contributed by atoms with Gasteiger partial charge in [0.05, 0.1) is 29.7 Å². The van der Waals surface area contributed by atoms with Gasteiger partial charge in [-0.15, -0.1) is 0 Å². The Labute approximate surface area is 109 Å². The molecule has 0 saturated carbocycles. The summed E-state index contributed by atoms with van der Waals surface area (Å²) in [6.45, 7) is 2.00. The number of nitrogens with zero attached hydrogens (tertiary/aromatic N) is 2. The molecule has 3 N–H and O–H groups in total. The van der Waals surface area contributed by atoms with E-state index in [-0.39, 0.29) is 18.4 Å². The molecule has 6 heteroatoms. The van der Waals surface area contributed by atoms with Crippen molar-refractivity contribution in [2.45, 2.75) is 13.5 Å². The highest BCUT2D eigenvalue weighted by Gasteiger charge is 2.37. The van der Waals surface area contributed by atoms with E-state index in [0.717, 1.165) is 5.69 Å². The molecular formula is C13H12N4O2. The Balaban J connectivity index is 1.99. The van der Waals surface area contributed by atoms with E-state index in [9.17, 15) is 9.59 Å². The van der Waals surface area contributed by atoms with Crippen LogP contribution in [0, 0.1) is 6.92 Å². The third kappa shape index (κ3) is 1.61. The van der Waals surface area contributed by atoms with Gasteiger partial charge in [-0.25, -0.2) is 4.98 Å². The fourth-order valence-electron chi connectivity index (χ4n) is 2.20. The number of nitrogens with one attached hydrogen (secondary N) is 1. The fraction of sp³-hybridized carbons (Fsp3) is 0.154. The van der Waals surface area contributed by atoms with Crippen LogP contribution in [-0.4, -0.2) is 26.7 Å². The minimum Gasteiger partial charge on any atom is -0.398 e. The smallest absolute Gasteiger partial charge is 0.264 e. The van der Waals surface area contributed by atoms with E-state index in [1.807, 2.05) is 6.92 Å². The van der Waals surface area contributed by atoms with Gasteiger partial charge in [0, 0.05) is 11.4 Å². The Hall–Kier alpha value is -2.63. The highest BCUT2D eigenvalue weighted by Crippen LogP contribution is 2.28. The molecule has 1 aromatic carbocycles. The molecule has 96 valence electrons. The molecule has 19 heavy (non-hydrogen) atoms. The van der Waals surface area contributed by atoms with E-state index in [2.05, 4.69) is 9.97 Å². The molecule has 0 fully saturated rings. The number of imide groups is 1. The van der Waals surface area contributed by atoms with E-state index in [1.165, 1.54) is 11.2 Å². The maximum Gasteiger partial charge on any atom is 0.264 e. The van der Waals surface area contributed by atoms with Crippen molar-refractivity contribution in [1.29, 1.82) is 0 Å². The van der Waals surface area contributed by atoms with E-state index in [1.54, 1.807) is 18.2 Å². The fourth-order valence-corrected chi connectivity index (χ4v) is 2.20. The number of rotatable bonds is 2. The Morgan fingerprint density at radius 3 is 2.74 bits per heavy atom. The molecule has 1 aliphatic heterocycles. The Morgan fingerprint density at radius 1 is 1.32 bits per heavy atom. The first-order valence-electron chi connectivity index (χ1n) is 5.83. The minimum atomic E-state index is -0.361. The lowest BCUT2D eigenvalue weighted by Gasteiger charge is -2.12. The molecule has 0 spiro atoms. The maximum atomic E-state index is 12.3. The summed E-state index contributed by atoms with van der Waals surface area (Å²) in [5.74, 6) is -0.685. The van der Waals surface area contributed by atoms with Gasteiger partial charge in [0.2, 0.25) is 0 Å². The molecule has 0 unspecified atom stereocenters. The monoisotopic (exact) mass is 256 g/mol. The molecule has 1 aromatic heterocycles. The van der Waals surface area contributed by atoms with Crippen molar-refractivity contribution in [3.63, 3.8) is 0 Å². The van der Waals surface area contributed by atoms with Crippen LogP contribution in [0.15, 0.2) is 24.5 Å². The zero-order valence-electron chi connectivity index (χ0n) is 10.3. The highest BCUT2D eigenvalue weighted by atomic mass is 16.2. The largest absolute Gasteiger partial charge is 0.398 e. The number of nitrogens with two attached hydrogens (primary N) is 1. The van der Waals surface area contributed by atoms with Gasteiger partial charge in [-0.3, -0.25) is 14.5 Å². The van der Waals surface area contributed by atoms with Gasteiger partial charge in [-0.1, -0.05) is 6.07 Å². The summed E-state index contributed by atoms with van der Waals surface area (Å²) >= 11 is 0. The van der Waals surface area contributed by atoms with Crippen molar-refractivity contribution in [1.82, 2.24) is 14.9 Å². The zero-order valence-corrected chi connectivity index (χ0v) is 10.3. The van der Waals surface area contributed by atoms with Gasteiger partial charge in [0.15, 0.2) is 0 Å². The molecule has 2 heterocycles. The van der Waals surface area contributed by atoms with Crippen LogP contribution in [0.4, 0.5) is 5.69 Å². The SMILES string of the molecule is Cc1[nH]cnc1CN1C(=O)c2cccc(N)c2C1=O. The van der Waals surface area contributed by atoms with Crippen molar-refractivity contribution in [3.8, 4) is 0 Å². The van der Waals surface area contributed by atoms with Crippen LogP contribution in [-0.2, 0) is 6.54 Å². The molecule has 0 aliphatic carbocycles. The number of carbonyl (C=O) groups excluding carboxylic acids is 2. The topological polar surface area (TPSA) is 92.1 Å². The lowest BCUT2D eigenvalue weighted by Crippen LogP contribution is -2.29. The molecular weight excluding hydrogens is 244 g/mol. The molecule has 1 aliphatic rings. The quantitative estimate of drug-likeness (QED) is 0.621. The molecule has 3 rings (SSSR count). The predicted octanol–water partition coefficient (Wildman–Crippen LogP) is 1.10. The number of fused-ring (bicyclic) bond motifs is 1. The van der Waals surface area contributed by atoms with Crippen LogP contribution in [0.25, 0.3) is 0 Å². The molecule has 2 aromatic rings. The summed E-state index contributed by atoms with van der Waals surface area (Å²) in [4.78, 5) is 32.7. The van der Waals surface area contributed by atoms with Crippen LogP contribution in [0.2, 0.25) is 0 Å². The zero-order chi connectivity index (χ0) is 13.6. The van der Waals surface area contributed by atoms with Crippen molar-refractivity contribution in [2.24, 2.45) is 0 Å². The van der Waals surface area contributed by atoms with Gasteiger partial charge in [0.1, 0.15) is 0 Å². The number of aryl methyl sites for hydroxylation is 1. The third-order valence-corrected chi connectivity index (χ3v) is 3.27. The predicted molar refractivity (Wildman–Crippen MR) is 68.4 cm³/mol. The standard InChI is InChI=1S/C13H12N4O2/c1-7-10(16-6-15-7)5-17-12(18)8-3-2-4-9(14)11(8)13(17)19/h2-4,6H,5,14H2,1H3,(H,15,16). The second-order valence-corrected chi connectivity index (χ2v) is 4.44. The van der Waals surface area contributed by atoms with E-state index in [0.29, 0.717) is 22.5 Å². The summed E-state index contributed by atoms with van der Waals surface area (Å²) in [6.07, 6.45) is 1.54. The number of amides is 2.